The molecule has 7 heteroatoms. The molecule has 0 fully saturated rings. The van der Waals surface area contributed by atoms with E-state index in [2.05, 4.69) is 0 Å². The fourth-order valence-corrected chi connectivity index (χ4v) is 4.38. The fourth-order valence-electron chi connectivity index (χ4n) is 1.80. The minimum absolute atomic E-state index is 0.0710. The van der Waals surface area contributed by atoms with E-state index in [9.17, 15) is 13.2 Å². The molecule has 0 aliphatic carbocycles. The summed E-state index contributed by atoms with van der Waals surface area (Å²) in [5.41, 5.74) is 5.00. The number of hydrogen-bond donors (Lipinski definition) is 1. The minimum Gasteiger partial charge on any atom is -0.484 e. The molecule has 0 spiro atoms. The summed E-state index contributed by atoms with van der Waals surface area (Å²) in [6.45, 7) is -0.165. The van der Waals surface area contributed by atoms with Gasteiger partial charge in [-0.05, 0) is 36.4 Å². The molecule has 2 rings (SSSR count). The zero-order chi connectivity index (χ0) is 16.7. The second-order valence-corrected chi connectivity index (χ2v) is 7.98. The molecular weight excluding hydrogens is 334 g/mol. The Morgan fingerprint density at radius 3 is 2.30 bits per heavy atom. The first-order valence-corrected chi connectivity index (χ1v) is 9.53. The van der Waals surface area contributed by atoms with Crippen LogP contribution >= 0.6 is 11.8 Å². The number of ether oxygens (including phenoxy) is 1. The number of thioether (sulfide) groups is 1. The Balaban J connectivity index is 1.85. The largest absolute Gasteiger partial charge is 0.484 e. The van der Waals surface area contributed by atoms with Gasteiger partial charge < -0.3 is 10.5 Å². The number of rotatable bonds is 8. The zero-order valence-electron chi connectivity index (χ0n) is 12.3. The van der Waals surface area contributed by atoms with Crippen molar-refractivity contribution in [3.8, 4) is 5.75 Å². The maximum absolute atomic E-state index is 12.1. The number of hydrogen-bond acceptors (Lipinski definition) is 5. The maximum atomic E-state index is 12.1. The Labute approximate surface area is 139 Å². The minimum atomic E-state index is -3.25. The van der Waals surface area contributed by atoms with Crippen LogP contribution in [0.15, 0.2) is 64.4 Å². The molecule has 0 atom stereocenters. The second-order valence-electron chi connectivity index (χ2n) is 4.71. The molecule has 2 N–H and O–H groups in total. The van der Waals surface area contributed by atoms with Gasteiger partial charge >= 0.3 is 0 Å². The highest BCUT2D eigenvalue weighted by Crippen LogP contribution is 2.22. The molecule has 0 aromatic heterocycles. The fraction of sp³-hybridized carbons (Fsp3) is 0.188. The van der Waals surface area contributed by atoms with E-state index in [1.165, 1.54) is 11.8 Å². The van der Waals surface area contributed by atoms with Gasteiger partial charge in [0.25, 0.3) is 5.91 Å². The molecule has 23 heavy (non-hydrogen) atoms. The van der Waals surface area contributed by atoms with Gasteiger partial charge in [-0.1, -0.05) is 18.2 Å². The van der Waals surface area contributed by atoms with E-state index in [1.54, 1.807) is 42.5 Å². The van der Waals surface area contributed by atoms with Crippen molar-refractivity contribution in [2.75, 3.05) is 18.1 Å². The van der Waals surface area contributed by atoms with E-state index in [4.69, 9.17) is 10.5 Å². The predicted molar refractivity (Wildman–Crippen MR) is 90.4 cm³/mol. The summed E-state index contributed by atoms with van der Waals surface area (Å²) in [4.78, 5) is 11.9. The van der Waals surface area contributed by atoms with Crippen LogP contribution in [-0.2, 0) is 14.6 Å². The van der Waals surface area contributed by atoms with Crippen LogP contribution in [0, 0.1) is 0 Å². The second kappa shape index (κ2) is 8.03. The molecular formula is C16H17NO4S2. The van der Waals surface area contributed by atoms with Crippen molar-refractivity contribution in [3.05, 3.63) is 54.6 Å². The molecule has 0 saturated heterocycles. The zero-order valence-corrected chi connectivity index (χ0v) is 14.0. The van der Waals surface area contributed by atoms with Crippen LogP contribution in [-0.4, -0.2) is 32.4 Å². The molecule has 5 nitrogen and oxygen atoms in total. The van der Waals surface area contributed by atoms with Crippen LogP contribution < -0.4 is 10.5 Å². The van der Waals surface area contributed by atoms with Gasteiger partial charge in [-0.25, -0.2) is 8.42 Å². The van der Waals surface area contributed by atoms with Crippen molar-refractivity contribution < 1.29 is 17.9 Å². The lowest BCUT2D eigenvalue weighted by molar-refractivity contribution is -0.119. The number of sulfone groups is 1. The molecule has 0 aliphatic heterocycles. The predicted octanol–water partition coefficient (Wildman–Crippen LogP) is 2.12. The number of amides is 1. The van der Waals surface area contributed by atoms with E-state index in [0.29, 0.717) is 16.4 Å². The quantitative estimate of drug-likeness (QED) is 0.736. The molecule has 1 amide bonds. The molecule has 0 radical (unpaired) electrons. The SMILES string of the molecule is NC(=O)COc1ccc(SCCS(=O)(=O)c2ccccc2)cc1. The standard InChI is InChI=1S/C16H17NO4S2/c17-16(18)12-21-13-6-8-14(9-7-13)22-10-11-23(19,20)15-4-2-1-3-5-15/h1-9H,10-12H2,(H2,17,18). The number of primary amides is 1. The third-order valence-electron chi connectivity index (χ3n) is 2.93. The van der Waals surface area contributed by atoms with Gasteiger partial charge in [-0.2, -0.15) is 0 Å². The van der Waals surface area contributed by atoms with E-state index in [-0.39, 0.29) is 12.4 Å². The summed E-state index contributed by atoms with van der Waals surface area (Å²) in [6, 6.07) is 15.5. The average Bonchev–Trinajstić information content (AvgIpc) is 2.55. The Morgan fingerprint density at radius 1 is 1.04 bits per heavy atom. The molecule has 0 bridgehead atoms. The number of carbonyl (C=O) groups is 1. The Hall–Kier alpha value is -1.99. The number of nitrogens with two attached hydrogens (primary N) is 1. The highest BCUT2D eigenvalue weighted by atomic mass is 32.2. The summed E-state index contributed by atoms with van der Waals surface area (Å²) in [6.07, 6.45) is 0. The molecule has 0 unspecified atom stereocenters. The summed E-state index contributed by atoms with van der Waals surface area (Å²) < 4.78 is 29.5. The Bertz CT molecular complexity index is 743. The van der Waals surface area contributed by atoms with Crippen LogP contribution in [0.1, 0.15) is 0 Å². The van der Waals surface area contributed by atoms with Crippen LogP contribution in [0.3, 0.4) is 0 Å². The molecule has 122 valence electrons. The summed E-state index contributed by atoms with van der Waals surface area (Å²) >= 11 is 1.45. The monoisotopic (exact) mass is 351 g/mol. The van der Waals surface area contributed by atoms with Gasteiger partial charge in [-0.3, -0.25) is 4.79 Å². The van der Waals surface area contributed by atoms with Crippen molar-refractivity contribution in [3.63, 3.8) is 0 Å². The van der Waals surface area contributed by atoms with E-state index >= 15 is 0 Å². The smallest absolute Gasteiger partial charge is 0.255 e. The van der Waals surface area contributed by atoms with Crippen molar-refractivity contribution >= 4 is 27.5 Å². The first kappa shape index (κ1) is 17.4. The van der Waals surface area contributed by atoms with Gasteiger partial charge in [0.2, 0.25) is 0 Å². The molecule has 0 heterocycles. The summed E-state index contributed by atoms with van der Waals surface area (Å²) in [7, 11) is -3.25. The van der Waals surface area contributed by atoms with Crippen LogP contribution in [0.25, 0.3) is 0 Å². The van der Waals surface area contributed by atoms with E-state index in [0.717, 1.165) is 4.90 Å². The average molecular weight is 351 g/mol. The van der Waals surface area contributed by atoms with Gasteiger partial charge in [0.1, 0.15) is 5.75 Å². The maximum Gasteiger partial charge on any atom is 0.255 e. The Morgan fingerprint density at radius 2 is 1.70 bits per heavy atom. The van der Waals surface area contributed by atoms with Gasteiger partial charge in [0.15, 0.2) is 16.4 Å². The normalized spacial score (nSPS) is 11.1. The van der Waals surface area contributed by atoms with Gasteiger partial charge in [0.05, 0.1) is 10.6 Å². The lowest BCUT2D eigenvalue weighted by Gasteiger charge is -2.06. The van der Waals surface area contributed by atoms with Crippen molar-refractivity contribution in [2.45, 2.75) is 9.79 Å². The molecule has 0 saturated carbocycles. The van der Waals surface area contributed by atoms with E-state index in [1.807, 2.05) is 12.1 Å². The summed E-state index contributed by atoms with van der Waals surface area (Å²) in [5.74, 6) is 0.542. The van der Waals surface area contributed by atoms with E-state index < -0.39 is 15.7 Å². The lowest BCUT2D eigenvalue weighted by Crippen LogP contribution is -2.19. The van der Waals surface area contributed by atoms with Crippen LogP contribution in [0.4, 0.5) is 0 Å². The molecule has 0 aliphatic rings. The van der Waals surface area contributed by atoms with Crippen molar-refractivity contribution in [1.29, 1.82) is 0 Å². The third kappa shape index (κ3) is 5.61. The lowest BCUT2D eigenvalue weighted by atomic mass is 10.3. The third-order valence-corrected chi connectivity index (χ3v) is 5.93. The number of carbonyl (C=O) groups excluding carboxylic acids is 1. The molecule has 2 aromatic carbocycles. The van der Waals surface area contributed by atoms with Crippen LogP contribution in [0.5, 0.6) is 5.75 Å². The van der Waals surface area contributed by atoms with Crippen LogP contribution in [0.2, 0.25) is 0 Å². The first-order valence-electron chi connectivity index (χ1n) is 6.89. The molecule has 2 aromatic rings. The highest BCUT2D eigenvalue weighted by Gasteiger charge is 2.13. The van der Waals surface area contributed by atoms with Crippen molar-refractivity contribution in [2.24, 2.45) is 5.73 Å². The van der Waals surface area contributed by atoms with Gasteiger partial charge in [0, 0.05) is 10.6 Å². The van der Waals surface area contributed by atoms with Gasteiger partial charge in [-0.15, -0.1) is 11.8 Å². The Kier molecular flexibility index (Phi) is 6.06. The highest BCUT2D eigenvalue weighted by molar-refractivity contribution is 8.00. The number of benzene rings is 2. The first-order chi connectivity index (χ1) is 11.0. The van der Waals surface area contributed by atoms with Crippen molar-refractivity contribution in [1.82, 2.24) is 0 Å². The topological polar surface area (TPSA) is 86.5 Å². The summed E-state index contributed by atoms with van der Waals surface area (Å²) in [5, 5.41) is 0.